The van der Waals surface area contributed by atoms with Crippen LogP contribution in [0.4, 0.5) is 0 Å². The molecule has 0 aliphatic heterocycles. The highest BCUT2D eigenvalue weighted by Gasteiger charge is 1.81. The minimum atomic E-state index is 0.672. The van der Waals surface area contributed by atoms with Gasteiger partial charge in [0.2, 0.25) is 19.7 Å². The van der Waals surface area contributed by atoms with Crippen LogP contribution < -0.4 is 14.6 Å². The third-order valence-corrected chi connectivity index (χ3v) is 1.88. The summed E-state index contributed by atoms with van der Waals surface area (Å²) in [4.78, 5) is 5.97. The minimum absolute atomic E-state index is 0.672. The Morgan fingerprint density at radius 1 is 1.00 bits per heavy atom. The van der Waals surface area contributed by atoms with Crippen molar-refractivity contribution in [2.24, 2.45) is 0 Å². The average Bonchev–Trinajstić information content (AvgIpc) is 1.69. The van der Waals surface area contributed by atoms with E-state index in [1.807, 2.05) is 14.1 Å². The van der Waals surface area contributed by atoms with E-state index in [1.165, 1.54) is 0 Å². The van der Waals surface area contributed by atoms with Gasteiger partial charge in [-0.3, -0.25) is 0 Å². The van der Waals surface area contributed by atoms with Gasteiger partial charge in [0.1, 0.15) is 0 Å². The van der Waals surface area contributed by atoms with E-state index >= 15 is 0 Å². The number of hydrogen-bond acceptors (Lipinski definition) is 3. The smallest absolute Gasteiger partial charge is 0.238 e. The van der Waals surface area contributed by atoms with Crippen LogP contribution in [0, 0.1) is 0 Å². The van der Waals surface area contributed by atoms with E-state index in [1.54, 1.807) is 0 Å². The molecule has 3 nitrogen and oxygen atoms in total. The van der Waals surface area contributed by atoms with Crippen LogP contribution >= 0.6 is 0 Å². The van der Waals surface area contributed by atoms with E-state index in [9.17, 15) is 0 Å². The molecule has 0 spiro atoms. The lowest BCUT2D eigenvalue weighted by Crippen LogP contribution is -2.39. The van der Waals surface area contributed by atoms with Gasteiger partial charge in [-0.05, 0) is 14.1 Å². The molecular formula is C2H9N3Si2. The Kier molecular flexibility index (Phi) is 6.60. The van der Waals surface area contributed by atoms with Crippen LogP contribution in [0.5, 0.6) is 0 Å². The Morgan fingerprint density at radius 3 is 1.71 bits per heavy atom. The summed E-state index contributed by atoms with van der Waals surface area (Å²) in [5.74, 6) is 0. The Balaban J connectivity index is 2.45. The van der Waals surface area contributed by atoms with Crippen LogP contribution in [0.15, 0.2) is 0 Å². The SMILES string of the molecule is CN[Si]N[Si]NC. The number of nitrogens with one attached hydrogen (secondary N) is 3. The second-order valence-corrected chi connectivity index (χ2v) is 3.38. The van der Waals surface area contributed by atoms with Crippen molar-refractivity contribution in [1.82, 2.24) is 14.6 Å². The molecule has 0 unspecified atom stereocenters. The van der Waals surface area contributed by atoms with Crippen LogP contribution in [-0.2, 0) is 0 Å². The maximum atomic E-state index is 3.12. The Bertz CT molecular complexity index is 30.1. The van der Waals surface area contributed by atoms with Crippen molar-refractivity contribution in [3.05, 3.63) is 0 Å². The van der Waals surface area contributed by atoms with Gasteiger partial charge in [0, 0.05) is 0 Å². The quantitative estimate of drug-likeness (QED) is 0.308. The van der Waals surface area contributed by atoms with Gasteiger partial charge >= 0.3 is 0 Å². The molecule has 0 bridgehead atoms. The van der Waals surface area contributed by atoms with Gasteiger partial charge in [0.15, 0.2) is 0 Å². The Labute approximate surface area is 49.2 Å². The lowest BCUT2D eigenvalue weighted by molar-refractivity contribution is 1.16. The zero-order valence-corrected chi connectivity index (χ0v) is 6.50. The first-order chi connectivity index (χ1) is 3.41. The molecule has 3 N–H and O–H groups in total. The van der Waals surface area contributed by atoms with Crippen molar-refractivity contribution in [2.45, 2.75) is 0 Å². The van der Waals surface area contributed by atoms with Gasteiger partial charge < -0.3 is 14.6 Å². The van der Waals surface area contributed by atoms with Gasteiger partial charge in [-0.1, -0.05) is 0 Å². The normalized spacial score (nSPS) is 9.43. The molecule has 0 amide bonds. The fraction of sp³-hybridized carbons (Fsp3) is 1.00. The minimum Gasteiger partial charge on any atom is -0.336 e. The summed E-state index contributed by atoms with van der Waals surface area (Å²) in [5.41, 5.74) is 0. The van der Waals surface area contributed by atoms with Crippen molar-refractivity contribution < 1.29 is 0 Å². The molecule has 0 fully saturated rings. The molecule has 5 heteroatoms. The van der Waals surface area contributed by atoms with E-state index in [-0.39, 0.29) is 0 Å². The molecule has 0 aliphatic carbocycles. The molecule has 0 atom stereocenters. The molecule has 0 aromatic carbocycles. The van der Waals surface area contributed by atoms with E-state index in [0.29, 0.717) is 19.7 Å². The van der Waals surface area contributed by atoms with Crippen molar-refractivity contribution in [2.75, 3.05) is 14.1 Å². The van der Waals surface area contributed by atoms with E-state index in [0.717, 1.165) is 0 Å². The summed E-state index contributed by atoms with van der Waals surface area (Å²) in [7, 11) is 5.19. The lowest BCUT2D eigenvalue weighted by atomic mass is 11.6. The summed E-state index contributed by atoms with van der Waals surface area (Å²) < 4.78 is 3.12. The first-order valence-electron chi connectivity index (χ1n) is 2.00. The van der Waals surface area contributed by atoms with E-state index in [2.05, 4.69) is 14.6 Å². The Hall–Kier alpha value is 0.314. The van der Waals surface area contributed by atoms with Gasteiger partial charge in [-0.25, -0.2) is 0 Å². The Morgan fingerprint density at radius 2 is 1.43 bits per heavy atom. The van der Waals surface area contributed by atoms with Crippen molar-refractivity contribution in [3.63, 3.8) is 0 Å². The predicted molar refractivity (Wildman–Crippen MR) is 32.8 cm³/mol. The molecule has 0 aliphatic rings. The van der Waals surface area contributed by atoms with Crippen LogP contribution in [-0.4, -0.2) is 33.8 Å². The third-order valence-electron chi connectivity index (χ3n) is 0.375. The van der Waals surface area contributed by atoms with Gasteiger partial charge in [-0.2, -0.15) is 0 Å². The van der Waals surface area contributed by atoms with E-state index in [4.69, 9.17) is 0 Å². The number of hydrogen-bond donors (Lipinski definition) is 3. The zero-order chi connectivity index (χ0) is 5.54. The van der Waals surface area contributed by atoms with Crippen LogP contribution in [0.2, 0.25) is 0 Å². The van der Waals surface area contributed by atoms with Gasteiger partial charge in [-0.15, -0.1) is 0 Å². The molecule has 0 saturated heterocycles. The fourth-order valence-corrected chi connectivity index (χ4v) is 1.41. The van der Waals surface area contributed by atoms with Crippen LogP contribution in [0.3, 0.4) is 0 Å². The highest BCUT2D eigenvalue weighted by Crippen LogP contribution is 1.33. The van der Waals surface area contributed by atoms with Crippen molar-refractivity contribution >= 4 is 19.7 Å². The van der Waals surface area contributed by atoms with Crippen LogP contribution in [0.1, 0.15) is 0 Å². The largest absolute Gasteiger partial charge is 0.336 e. The maximum absolute atomic E-state index is 3.12. The first kappa shape index (κ1) is 7.31. The van der Waals surface area contributed by atoms with Crippen molar-refractivity contribution in [1.29, 1.82) is 0 Å². The van der Waals surface area contributed by atoms with Gasteiger partial charge in [0.05, 0.1) is 0 Å². The topological polar surface area (TPSA) is 36.1 Å². The molecule has 7 heavy (non-hydrogen) atoms. The fourth-order valence-electron chi connectivity index (χ4n) is 0.156. The number of rotatable bonds is 4. The molecule has 0 aromatic heterocycles. The van der Waals surface area contributed by atoms with Gasteiger partial charge in [0.25, 0.3) is 0 Å². The summed E-state index contributed by atoms with van der Waals surface area (Å²) in [6.07, 6.45) is 0. The van der Waals surface area contributed by atoms with Crippen LogP contribution in [0.25, 0.3) is 0 Å². The molecule has 4 radical (unpaired) electrons. The predicted octanol–water partition coefficient (Wildman–Crippen LogP) is -1.92. The summed E-state index contributed by atoms with van der Waals surface area (Å²) in [6.45, 7) is 0. The monoisotopic (exact) mass is 131 g/mol. The molecule has 0 saturated carbocycles. The molecule has 0 heterocycles. The molecule has 0 aromatic rings. The third kappa shape index (κ3) is 6.31. The van der Waals surface area contributed by atoms with Crippen molar-refractivity contribution in [3.8, 4) is 0 Å². The second kappa shape index (κ2) is 6.31. The molecule has 40 valence electrons. The second-order valence-electron chi connectivity index (χ2n) is 0.875. The zero-order valence-electron chi connectivity index (χ0n) is 4.50. The summed E-state index contributed by atoms with van der Waals surface area (Å²) in [6, 6.07) is 0. The molecular weight excluding hydrogens is 122 g/mol. The summed E-state index contributed by atoms with van der Waals surface area (Å²) >= 11 is 0. The molecule has 0 rings (SSSR count). The van der Waals surface area contributed by atoms with E-state index < -0.39 is 0 Å². The lowest BCUT2D eigenvalue weighted by Gasteiger charge is -1.93. The average molecular weight is 131 g/mol. The highest BCUT2D eigenvalue weighted by atomic mass is 28.3. The highest BCUT2D eigenvalue weighted by molar-refractivity contribution is 6.47. The summed E-state index contributed by atoms with van der Waals surface area (Å²) in [5, 5.41) is 0. The standard InChI is InChI=1S/C2H9N3Si2/c1-3-6-5-7-4-2/h3-5H,1-2H3. The first-order valence-corrected chi connectivity index (χ1v) is 4.00. The maximum Gasteiger partial charge on any atom is 0.238 e.